The fourth-order valence-electron chi connectivity index (χ4n) is 7.84. The van der Waals surface area contributed by atoms with E-state index in [1.165, 1.54) is 6.92 Å². The molecule has 0 fully saturated rings. The van der Waals surface area contributed by atoms with Crippen LogP contribution < -0.4 is 14.2 Å². The SMILES string of the molecule is C.C.C=Cc1c(C)c2c(c(OCC[Si](C)(C)C)c1CC=O)C(=O)OC2.CC(=O)OCCc1c(Br)c(C)c2c(c1OCC[Si](C)(C)C)C(=O)OC2.Cc1cc(CC=O)c(OCC[Si](C)(C)C)c2c1COC2=O. The molecule has 0 amide bonds. The fourth-order valence-corrected chi connectivity index (χ4v) is 10.6. The van der Waals surface area contributed by atoms with Gasteiger partial charge in [-0.15, -0.1) is 0 Å². The van der Waals surface area contributed by atoms with E-state index >= 15 is 0 Å². The molecule has 0 aromatic heterocycles. The van der Waals surface area contributed by atoms with Crippen LogP contribution in [0.15, 0.2) is 17.1 Å². The van der Waals surface area contributed by atoms with E-state index in [1.807, 2.05) is 26.8 Å². The topological polar surface area (TPSA) is 167 Å². The zero-order valence-electron chi connectivity index (χ0n) is 42.9. The van der Waals surface area contributed by atoms with Crippen molar-refractivity contribution in [2.24, 2.45) is 0 Å². The lowest BCUT2D eigenvalue weighted by Gasteiger charge is -2.21. The molecule has 3 aliphatic rings. The third kappa shape index (κ3) is 16.6. The maximum absolute atomic E-state index is 12.2. The quantitative estimate of drug-likeness (QED) is 0.0454. The molecule has 0 aliphatic carbocycles. The van der Waals surface area contributed by atoms with E-state index in [2.05, 4.69) is 81.4 Å². The van der Waals surface area contributed by atoms with Crippen LogP contribution in [0.2, 0.25) is 77.1 Å². The average molecular weight is 1100 g/mol. The van der Waals surface area contributed by atoms with Crippen LogP contribution in [-0.4, -0.2) is 87.1 Å². The Morgan fingerprint density at radius 2 is 1.04 bits per heavy atom. The van der Waals surface area contributed by atoms with Crippen molar-refractivity contribution >= 4 is 82.7 Å². The van der Waals surface area contributed by atoms with Gasteiger partial charge in [0, 0.05) is 88.3 Å². The Labute approximate surface area is 434 Å². The van der Waals surface area contributed by atoms with E-state index in [0.29, 0.717) is 66.8 Å². The van der Waals surface area contributed by atoms with Gasteiger partial charge >= 0.3 is 23.9 Å². The molecule has 6 rings (SSSR count). The molecule has 0 N–H and O–H groups in total. The Morgan fingerprint density at radius 3 is 1.46 bits per heavy atom. The van der Waals surface area contributed by atoms with Gasteiger partial charge in [-0.3, -0.25) is 4.79 Å². The third-order valence-electron chi connectivity index (χ3n) is 11.9. The molecule has 3 heterocycles. The van der Waals surface area contributed by atoms with E-state index < -0.39 is 24.2 Å². The van der Waals surface area contributed by atoms with Gasteiger partial charge in [-0.05, 0) is 61.2 Å². The monoisotopic (exact) mass is 1100 g/mol. The van der Waals surface area contributed by atoms with Gasteiger partial charge in [0.25, 0.3) is 0 Å². The molecule has 0 unspecified atom stereocenters. The summed E-state index contributed by atoms with van der Waals surface area (Å²) in [4.78, 5) is 69.4. The number of aryl methyl sites for hydroxylation is 1. The predicted octanol–water partition coefficient (Wildman–Crippen LogP) is 12.4. The molecule has 392 valence electrons. The summed E-state index contributed by atoms with van der Waals surface area (Å²) >= 11 is 3.62. The molecule has 17 heteroatoms. The summed E-state index contributed by atoms with van der Waals surface area (Å²) in [5, 5.41) is 0. The number of esters is 4. The molecule has 0 saturated heterocycles. The van der Waals surface area contributed by atoms with Crippen molar-refractivity contribution in [2.75, 3.05) is 26.4 Å². The summed E-state index contributed by atoms with van der Waals surface area (Å²) in [6, 6.07) is 4.91. The van der Waals surface area contributed by atoms with Crippen LogP contribution in [0, 0.1) is 20.8 Å². The van der Waals surface area contributed by atoms with Crippen molar-refractivity contribution in [1.29, 1.82) is 0 Å². The maximum atomic E-state index is 12.2. The molecule has 0 radical (unpaired) electrons. The second-order valence-electron chi connectivity index (χ2n) is 21.1. The minimum atomic E-state index is -1.26. The van der Waals surface area contributed by atoms with Crippen molar-refractivity contribution < 1.29 is 61.9 Å². The molecule has 13 nitrogen and oxygen atoms in total. The Bertz CT molecular complexity index is 2460. The Balaban J connectivity index is 0.000000361. The number of halogens is 1. The minimum absolute atomic E-state index is 0. The predicted molar refractivity (Wildman–Crippen MR) is 293 cm³/mol. The standard InChI is InChI=1S/C18H25BrO5Si.C18H24O4Si.C16H22O4Si.2CH4/c1-11-14-10-24-18(21)15(14)17(23-8-9-25(3,4)5)13(16(11)19)6-7-22-12(2)20;1-6-13-12(2)15-11-22-18(20)16(15)17(14(13)7-8-19)21-9-10-23(3,4)5;1-11-9-12(5-6-17)15(19-7-8-21(2,3)4)14-13(11)10-20-16(14)18;;/h6-10H2,1-5H3;6,8H,1,7,9-11H2,2-5H3;6,9H,5,7-8,10H2,1-4H3;2*1H4. The summed E-state index contributed by atoms with van der Waals surface area (Å²) in [5.74, 6) is 0.242. The zero-order chi connectivity index (χ0) is 51.6. The number of rotatable bonds is 20. The van der Waals surface area contributed by atoms with Gasteiger partial charge < -0.3 is 42.7 Å². The Morgan fingerprint density at radius 1 is 0.634 bits per heavy atom. The van der Waals surface area contributed by atoms with E-state index in [9.17, 15) is 28.8 Å². The van der Waals surface area contributed by atoms with Crippen LogP contribution in [0.5, 0.6) is 17.2 Å². The Kier molecular flexibility index (Phi) is 23.4. The Hall–Kier alpha value is -4.85. The summed E-state index contributed by atoms with van der Waals surface area (Å²) in [6.07, 6.45) is 4.33. The van der Waals surface area contributed by atoms with Gasteiger partial charge in [-0.25, -0.2) is 14.4 Å². The summed E-state index contributed by atoms with van der Waals surface area (Å²) in [5.41, 5.74) is 10.3. The molecule has 3 aliphatic heterocycles. The summed E-state index contributed by atoms with van der Waals surface area (Å²) in [7, 11) is -3.72. The van der Waals surface area contributed by atoms with Crippen LogP contribution in [0.3, 0.4) is 0 Å². The first-order valence-corrected chi connectivity index (χ1v) is 35.4. The molecule has 3 aromatic carbocycles. The van der Waals surface area contributed by atoms with E-state index in [-0.39, 0.29) is 71.4 Å². The second-order valence-corrected chi connectivity index (χ2v) is 38.7. The van der Waals surface area contributed by atoms with Crippen LogP contribution in [0.1, 0.15) is 108 Å². The number of benzene rings is 3. The van der Waals surface area contributed by atoms with Crippen molar-refractivity contribution in [1.82, 2.24) is 0 Å². The number of hydrogen-bond donors (Lipinski definition) is 0. The lowest BCUT2D eigenvalue weighted by atomic mass is 9.91. The highest BCUT2D eigenvalue weighted by Gasteiger charge is 2.35. The third-order valence-corrected chi connectivity index (χ3v) is 18.1. The lowest BCUT2D eigenvalue weighted by Crippen LogP contribution is -2.23. The molecule has 3 aromatic rings. The van der Waals surface area contributed by atoms with Crippen LogP contribution in [0.4, 0.5) is 0 Å². The fraction of sp³-hybridized carbons (Fsp3) is 0.519. The number of fused-ring (bicyclic) bond motifs is 3. The maximum Gasteiger partial charge on any atom is 0.342 e. The number of carbonyl (C=O) groups excluding carboxylic acids is 6. The molecule has 71 heavy (non-hydrogen) atoms. The highest BCUT2D eigenvalue weighted by atomic mass is 79.9. The van der Waals surface area contributed by atoms with Crippen molar-refractivity contribution in [3.63, 3.8) is 0 Å². The van der Waals surface area contributed by atoms with Gasteiger partial charge in [0.05, 0.1) is 26.4 Å². The summed E-state index contributed by atoms with van der Waals surface area (Å²) in [6.45, 7) is 34.3. The number of hydrogen-bond acceptors (Lipinski definition) is 13. The average Bonchev–Trinajstić information content (AvgIpc) is 3.96. The lowest BCUT2D eigenvalue weighted by molar-refractivity contribution is -0.140. The first kappa shape index (κ1) is 62.3. The number of ether oxygens (including phenoxy) is 7. The smallest absolute Gasteiger partial charge is 0.342 e. The molecule has 0 bridgehead atoms. The second kappa shape index (κ2) is 26.7. The zero-order valence-corrected chi connectivity index (χ0v) is 47.5. The number of carbonyl (C=O) groups is 6. The van der Waals surface area contributed by atoms with E-state index in [0.717, 1.165) is 90.8 Å². The van der Waals surface area contributed by atoms with Gasteiger partial charge in [-0.2, -0.15) is 0 Å². The normalized spacial score (nSPS) is 13.2. The number of cyclic esters (lactones) is 3. The van der Waals surface area contributed by atoms with Crippen molar-refractivity contribution in [3.05, 3.63) is 89.4 Å². The van der Waals surface area contributed by atoms with Gasteiger partial charge in [0.1, 0.15) is 66.3 Å². The first-order chi connectivity index (χ1) is 32.2. The van der Waals surface area contributed by atoms with Crippen molar-refractivity contribution in [2.45, 2.75) is 159 Å². The van der Waals surface area contributed by atoms with E-state index in [1.54, 1.807) is 6.08 Å². The van der Waals surface area contributed by atoms with Crippen LogP contribution in [-0.2, 0) is 72.4 Å². The number of aldehydes is 2. The van der Waals surface area contributed by atoms with E-state index in [4.69, 9.17) is 33.2 Å². The van der Waals surface area contributed by atoms with Gasteiger partial charge in [0.15, 0.2) is 0 Å². The highest BCUT2D eigenvalue weighted by Crippen LogP contribution is 2.42. The van der Waals surface area contributed by atoms with Gasteiger partial charge in [-0.1, -0.05) is 108 Å². The summed E-state index contributed by atoms with van der Waals surface area (Å²) < 4.78 is 39.5. The van der Waals surface area contributed by atoms with Gasteiger partial charge in [0.2, 0.25) is 0 Å². The van der Waals surface area contributed by atoms with Crippen molar-refractivity contribution in [3.8, 4) is 17.2 Å². The van der Waals surface area contributed by atoms with Crippen LogP contribution >= 0.6 is 15.9 Å². The first-order valence-electron chi connectivity index (χ1n) is 23.4. The largest absolute Gasteiger partial charge is 0.493 e. The molecular weight excluding hydrogens is 1020 g/mol. The highest BCUT2D eigenvalue weighted by molar-refractivity contribution is 9.10. The minimum Gasteiger partial charge on any atom is -0.493 e. The molecule has 0 atom stereocenters. The molecule has 0 saturated carbocycles. The molecule has 0 spiro atoms. The van der Waals surface area contributed by atoms with Crippen LogP contribution in [0.25, 0.3) is 6.08 Å². The molecular formula is C54H79BrO13Si3.